The van der Waals surface area contributed by atoms with Gasteiger partial charge >= 0.3 is 0 Å². The van der Waals surface area contributed by atoms with E-state index in [2.05, 4.69) is 18.3 Å². The lowest BCUT2D eigenvalue weighted by molar-refractivity contribution is -0.124. The van der Waals surface area contributed by atoms with E-state index in [9.17, 15) is 19.8 Å². The Bertz CT molecular complexity index is 609. The Kier molecular flexibility index (Phi) is 8.50. The van der Waals surface area contributed by atoms with E-state index in [0.717, 1.165) is 12.0 Å². The van der Waals surface area contributed by atoms with E-state index in [1.54, 1.807) is 12.2 Å². The third-order valence-electron chi connectivity index (χ3n) is 3.35. The molecule has 0 aliphatic heterocycles. The number of hydrogen-bond acceptors (Lipinski definition) is 4. The van der Waals surface area contributed by atoms with Crippen molar-refractivity contribution in [2.24, 2.45) is 0 Å². The third-order valence-corrected chi connectivity index (χ3v) is 3.35. The molecule has 1 rings (SSSR count). The van der Waals surface area contributed by atoms with Gasteiger partial charge in [0.05, 0.1) is 12.5 Å². The maximum Gasteiger partial charge on any atom is 0.227 e. The van der Waals surface area contributed by atoms with E-state index in [1.807, 2.05) is 25.2 Å². The maximum atomic E-state index is 11.8. The molecule has 0 aromatic carbocycles. The van der Waals surface area contributed by atoms with Gasteiger partial charge in [-0.2, -0.15) is 0 Å². The number of carbonyl (C=O) groups is 2. The van der Waals surface area contributed by atoms with Crippen molar-refractivity contribution in [1.82, 2.24) is 5.32 Å². The first kappa shape index (κ1) is 19.6. The van der Waals surface area contributed by atoms with Gasteiger partial charge in [0, 0.05) is 12.8 Å². The molecule has 0 aromatic rings. The lowest BCUT2D eigenvalue weighted by Gasteiger charge is -2.07. The topological polar surface area (TPSA) is 86.6 Å². The molecular formula is C19H25NO4. The van der Waals surface area contributed by atoms with Gasteiger partial charge in [-0.3, -0.25) is 9.59 Å². The number of aliphatic hydroxyl groups is 2. The SMILES string of the molecule is CC/C=C/C=C(C)/C=C/C=C\C(O)CC(=O)NC1=C(O)CCC1=O. The van der Waals surface area contributed by atoms with Crippen molar-refractivity contribution in [3.05, 3.63) is 59.6 Å². The lowest BCUT2D eigenvalue weighted by Crippen LogP contribution is -2.29. The molecule has 1 atom stereocenters. The Hall–Kier alpha value is -2.40. The van der Waals surface area contributed by atoms with Gasteiger partial charge in [-0.1, -0.05) is 55.0 Å². The fourth-order valence-electron chi connectivity index (χ4n) is 2.04. The summed E-state index contributed by atoms with van der Waals surface area (Å²) in [4.78, 5) is 23.2. The zero-order chi connectivity index (χ0) is 17.9. The molecule has 1 aliphatic carbocycles. The fraction of sp³-hybridized carbons (Fsp3) is 0.368. The summed E-state index contributed by atoms with van der Waals surface area (Å²) < 4.78 is 0. The molecule has 0 heterocycles. The number of Topliss-reactive ketones (excluding diaryl/α,β-unsaturated/α-hetero) is 1. The summed E-state index contributed by atoms with van der Waals surface area (Å²) in [7, 11) is 0. The number of rotatable bonds is 8. The Morgan fingerprint density at radius 3 is 2.67 bits per heavy atom. The minimum atomic E-state index is -0.960. The molecule has 3 N–H and O–H groups in total. The smallest absolute Gasteiger partial charge is 0.227 e. The Labute approximate surface area is 142 Å². The van der Waals surface area contributed by atoms with E-state index in [4.69, 9.17) is 0 Å². The average Bonchev–Trinajstić information content (AvgIpc) is 2.83. The standard InChI is InChI=1S/C19H25NO4/c1-3-4-5-8-14(2)9-6-7-10-15(21)13-18(24)20-19-16(22)11-12-17(19)23/h4-10,15,21-22H,3,11-13H2,1-2H3,(H,20,24)/b5-4+,9-6+,10-7-,14-8+. The van der Waals surface area contributed by atoms with Gasteiger partial charge in [0.15, 0.2) is 5.78 Å². The highest BCUT2D eigenvalue weighted by Gasteiger charge is 2.24. The van der Waals surface area contributed by atoms with Crippen LogP contribution in [0.25, 0.3) is 0 Å². The molecule has 5 nitrogen and oxygen atoms in total. The van der Waals surface area contributed by atoms with Crippen molar-refractivity contribution in [3.63, 3.8) is 0 Å². The largest absolute Gasteiger partial charge is 0.510 e. The van der Waals surface area contributed by atoms with Crippen molar-refractivity contribution in [2.75, 3.05) is 0 Å². The molecule has 0 saturated carbocycles. The molecule has 0 fully saturated rings. The predicted molar refractivity (Wildman–Crippen MR) is 94.1 cm³/mol. The third kappa shape index (κ3) is 7.24. The van der Waals surface area contributed by atoms with Crippen LogP contribution in [0.2, 0.25) is 0 Å². The van der Waals surface area contributed by atoms with Crippen LogP contribution in [0.1, 0.15) is 39.5 Å². The zero-order valence-electron chi connectivity index (χ0n) is 14.2. The first-order chi connectivity index (χ1) is 11.4. The van der Waals surface area contributed by atoms with E-state index in [-0.39, 0.29) is 36.5 Å². The van der Waals surface area contributed by atoms with Crippen LogP contribution in [0, 0.1) is 0 Å². The van der Waals surface area contributed by atoms with E-state index in [0.29, 0.717) is 0 Å². The number of allylic oxidation sites excluding steroid dienone is 9. The van der Waals surface area contributed by atoms with Crippen LogP contribution in [0.15, 0.2) is 59.6 Å². The lowest BCUT2D eigenvalue weighted by atomic mass is 10.2. The van der Waals surface area contributed by atoms with Crippen molar-refractivity contribution in [1.29, 1.82) is 0 Å². The van der Waals surface area contributed by atoms with Gasteiger partial charge in [0.2, 0.25) is 5.91 Å². The number of carbonyl (C=O) groups excluding carboxylic acids is 2. The van der Waals surface area contributed by atoms with Crippen LogP contribution in [0.3, 0.4) is 0 Å². The molecule has 0 spiro atoms. The summed E-state index contributed by atoms with van der Waals surface area (Å²) in [6.45, 7) is 4.03. The maximum absolute atomic E-state index is 11.8. The molecule has 5 heteroatoms. The van der Waals surface area contributed by atoms with Crippen molar-refractivity contribution >= 4 is 11.7 Å². The van der Waals surface area contributed by atoms with Crippen LogP contribution in [-0.4, -0.2) is 28.0 Å². The summed E-state index contributed by atoms with van der Waals surface area (Å²) in [6.07, 6.45) is 13.2. The molecule has 1 aliphatic rings. The van der Waals surface area contributed by atoms with E-state index < -0.39 is 12.0 Å². The number of amides is 1. The quantitative estimate of drug-likeness (QED) is 0.597. The number of aliphatic hydroxyl groups excluding tert-OH is 2. The molecule has 24 heavy (non-hydrogen) atoms. The highest BCUT2D eigenvalue weighted by atomic mass is 16.3. The molecule has 0 radical (unpaired) electrons. The van der Waals surface area contributed by atoms with Crippen molar-refractivity contribution < 1.29 is 19.8 Å². The first-order valence-electron chi connectivity index (χ1n) is 8.05. The number of nitrogens with one attached hydrogen (secondary N) is 1. The number of hydrogen-bond donors (Lipinski definition) is 3. The normalized spacial score (nSPS) is 17.6. The van der Waals surface area contributed by atoms with Gasteiger partial charge in [-0.25, -0.2) is 0 Å². The fourth-order valence-corrected chi connectivity index (χ4v) is 2.04. The second-order valence-corrected chi connectivity index (χ2v) is 5.56. The van der Waals surface area contributed by atoms with Crippen LogP contribution in [-0.2, 0) is 9.59 Å². The molecular weight excluding hydrogens is 306 g/mol. The minimum Gasteiger partial charge on any atom is -0.510 e. The van der Waals surface area contributed by atoms with Gasteiger partial charge in [-0.05, 0) is 13.3 Å². The van der Waals surface area contributed by atoms with Crippen LogP contribution in [0.5, 0.6) is 0 Å². The Balaban J connectivity index is 2.42. The first-order valence-corrected chi connectivity index (χ1v) is 8.05. The van der Waals surface area contributed by atoms with Crippen molar-refractivity contribution in [3.8, 4) is 0 Å². The average molecular weight is 331 g/mol. The van der Waals surface area contributed by atoms with Crippen LogP contribution >= 0.6 is 0 Å². The molecule has 0 bridgehead atoms. The molecule has 0 aromatic heterocycles. The summed E-state index contributed by atoms with van der Waals surface area (Å²) in [6, 6.07) is 0. The highest BCUT2D eigenvalue weighted by molar-refractivity contribution is 6.01. The summed E-state index contributed by atoms with van der Waals surface area (Å²) in [5, 5.41) is 21.6. The molecule has 130 valence electrons. The molecule has 1 amide bonds. The van der Waals surface area contributed by atoms with Gasteiger partial charge in [-0.15, -0.1) is 0 Å². The summed E-state index contributed by atoms with van der Waals surface area (Å²) in [5.74, 6) is -0.886. The van der Waals surface area contributed by atoms with Gasteiger partial charge in [0.1, 0.15) is 11.5 Å². The minimum absolute atomic E-state index is 0.0445. The van der Waals surface area contributed by atoms with Gasteiger partial charge < -0.3 is 15.5 Å². The van der Waals surface area contributed by atoms with Crippen LogP contribution in [0.4, 0.5) is 0 Å². The summed E-state index contributed by atoms with van der Waals surface area (Å²) >= 11 is 0. The predicted octanol–water partition coefficient (Wildman–Crippen LogP) is 3.01. The van der Waals surface area contributed by atoms with Gasteiger partial charge in [0.25, 0.3) is 0 Å². The second kappa shape index (κ2) is 10.4. The monoisotopic (exact) mass is 331 g/mol. The zero-order valence-corrected chi connectivity index (χ0v) is 14.2. The Morgan fingerprint density at radius 2 is 2.04 bits per heavy atom. The summed E-state index contributed by atoms with van der Waals surface area (Å²) in [5.41, 5.74) is 1.02. The highest BCUT2D eigenvalue weighted by Crippen LogP contribution is 2.18. The Morgan fingerprint density at radius 1 is 1.29 bits per heavy atom. The second-order valence-electron chi connectivity index (χ2n) is 5.56. The van der Waals surface area contributed by atoms with Crippen LogP contribution < -0.4 is 5.32 Å². The number of ketones is 1. The van der Waals surface area contributed by atoms with E-state index in [1.165, 1.54) is 6.08 Å². The molecule has 1 unspecified atom stereocenters. The molecule has 0 saturated heterocycles. The van der Waals surface area contributed by atoms with Crippen molar-refractivity contribution in [2.45, 2.75) is 45.6 Å². The van der Waals surface area contributed by atoms with E-state index >= 15 is 0 Å².